The summed E-state index contributed by atoms with van der Waals surface area (Å²) in [6, 6.07) is 6.50. The van der Waals surface area contributed by atoms with Crippen molar-refractivity contribution in [3.63, 3.8) is 0 Å². The number of amides is 1. The molecule has 0 aliphatic heterocycles. The van der Waals surface area contributed by atoms with Crippen LogP contribution in [0.15, 0.2) is 42.0 Å². The van der Waals surface area contributed by atoms with Gasteiger partial charge in [0.1, 0.15) is 6.54 Å². The minimum atomic E-state index is -4.36. The van der Waals surface area contributed by atoms with Crippen LogP contribution in [0, 0.1) is 0 Å². The van der Waals surface area contributed by atoms with Crippen LogP contribution in [0.2, 0.25) is 0 Å². The van der Waals surface area contributed by atoms with E-state index in [2.05, 4.69) is 10.3 Å². The summed E-state index contributed by atoms with van der Waals surface area (Å²) in [5, 5.41) is 5.15. The standard InChI is InChI=1S/C14H10F3N3OS/c15-14(16,17)8-20-7-10(9-3-1-2-4-11(9)20)12(21)19-13-18-5-6-22-13/h1-7H,8H2,(H,18,19,21). The predicted octanol–water partition coefficient (Wildman–Crippen LogP) is 3.91. The fraction of sp³-hybridized carbons (Fsp3) is 0.143. The number of nitrogens with one attached hydrogen (secondary N) is 1. The van der Waals surface area contributed by atoms with Gasteiger partial charge in [-0.2, -0.15) is 13.2 Å². The number of fused-ring (bicyclic) bond motifs is 1. The second-order valence-corrected chi connectivity index (χ2v) is 5.49. The molecule has 0 spiro atoms. The number of rotatable bonds is 3. The molecule has 2 aromatic heterocycles. The Labute approximate surface area is 127 Å². The molecule has 2 heterocycles. The maximum absolute atomic E-state index is 12.7. The molecule has 3 aromatic rings. The van der Waals surface area contributed by atoms with Crippen molar-refractivity contribution in [1.82, 2.24) is 9.55 Å². The number of hydrogen-bond donors (Lipinski definition) is 1. The lowest BCUT2D eigenvalue weighted by molar-refractivity contribution is -0.139. The molecule has 0 bridgehead atoms. The molecule has 1 N–H and O–H groups in total. The van der Waals surface area contributed by atoms with Gasteiger partial charge in [-0.3, -0.25) is 10.1 Å². The molecular formula is C14H10F3N3OS. The van der Waals surface area contributed by atoms with Gasteiger partial charge in [-0.15, -0.1) is 11.3 Å². The number of anilines is 1. The van der Waals surface area contributed by atoms with Gasteiger partial charge < -0.3 is 4.57 Å². The van der Waals surface area contributed by atoms with Gasteiger partial charge in [-0.25, -0.2) is 4.98 Å². The summed E-state index contributed by atoms with van der Waals surface area (Å²) >= 11 is 1.24. The molecule has 0 unspecified atom stereocenters. The Morgan fingerprint density at radius 3 is 2.77 bits per heavy atom. The summed E-state index contributed by atoms with van der Waals surface area (Å²) in [4.78, 5) is 16.2. The molecule has 4 nitrogen and oxygen atoms in total. The summed E-state index contributed by atoms with van der Waals surface area (Å²) in [6.07, 6.45) is -1.60. The fourth-order valence-electron chi connectivity index (χ4n) is 2.20. The number of hydrogen-bond acceptors (Lipinski definition) is 3. The summed E-state index contributed by atoms with van der Waals surface area (Å²) in [5.41, 5.74) is 0.555. The molecule has 0 saturated carbocycles. The van der Waals surface area contributed by atoms with Crippen LogP contribution in [0.4, 0.5) is 18.3 Å². The van der Waals surface area contributed by atoms with Crippen LogP contribution in [-0.2, 0) is 6.54 Å². The average molecular weight is 325 g/mol. The van der Waals surface area contributed by atoms with E-state index in [0.717, 1.165) is 4.57 Å². The lowest BCUT2D eigenvalue weighted by atomic mass is 10.1. The zero-order chi connectivity index (χ0) is 15.7. The monoisotopic (exact) mass is 325 g/mol. The van der Waals surface area contributed by atoms with Crippen LogP contribution in [0.5, 0.6) is 0 Å². The van der Waals surface area contributed by atoms with Crippen molar-refractivity contribution in [2.45, 2.75) is 12.7 Å². The Bertz CT molecular complexity index is 808. The summed E-state index contributed by atoms with van der Waals surface area (Å²) in [5.74, 6) is -0.480. The smallest absolute Gasteiger partial charge is 0.338 e. The third kappa shape index (κ3) is 2.96. The Morgan fingerprint density at radius 2 is 2.09 bits per heavy atom. The van der Waals surface area contributed by atoms with Gasteiger partial charge in [0.25, 0.3) is 5.91 Å². The number of para-hydroxylation sites is 1. The molecule has 22 heavy (non-hydrogen) atoms. The fourth-order valence-corrected chi connectivity index (χ4v) is 2.73. The van der Waals surface area contributed by atoms with Gasteiger partial charge >= 0.3 is 6.18 Å². The molecule has 114 valence electrons. The van der Waals surface area contributed by atoms with Gasteiger partial charge in [0.2, 0.25) is 0 Å². The zero-order valence-corrected chi connectivity index (χ0v) is 11.9. The number of halogens is 3. The summed E-state index contributed by atoms with van der Waals surface area (Å²) < 4.78 is 39.0. The van der Waals surface area contributed by atoms with E-state index in [4.69, 9.17) is 0 Å². The second-order valence-electron chi connectivity index (χ2n) is 4.59. The van der Waals surface area contributed by atoms with E-state index in [-0.39, 0.29) is 5.56 Å². The van der Waals surface area contributed by atoms with E-state index >= 15 is 0 Å². The third-order valence-electron chi connectivity index (χ3n) is 3.04. The highest BCUT2D eigenvalue weighted by molar-refractivity contribution is 7.13. The van der Waals surface area contributed by atoms with Gasteiger partial charge in [-0.1, -0.05) is 18.2 Å². The minimum absolute atomic E-state index is 0.190. The topological polar surface area (TPSA) is 46.9 Å². The van der Waals surface area contributed by atoms with Gasteiger partial charge in [0.05, 0.1) is 5.56 Å². The van der Waals surface area contributed by atoms with E-state index < -0.39 is 18.6 Å². The van der Waals surface area contributed by atoms with Crippen molar-refractivity contribution < 1.29 is 18.0 Å². The van der Waals surface area contributed by atoms with Crippen molar-refractivity contribution >= 4 is 33.3 Å². The van der Waals surface area contributed by atoms with Gasteiger partial charge in [0.15, 0.2) is 5.13 Å². The maximum atomic E-state index is 12.7. The van der Waals surface area contributed by atoms with E-state index in [1.807, 2.05) is 0 Å². The van der Waals surface area contributed by atoms with E-state index in [1.54, 1.807) is 29.6 Å². The van der Waals surface area contributed by atoms with Crippen molar-refractivity contribution in [2.24, 2.45) is 0 Å². The Kier molecular flexibility index (Phi) is 3.61. The number of carbonyl (C=O) groups excluding carboxylic acids is 1. The first-order valence-corrected chi connectivity index (χ1v) is 7.17. The number of carbonyl (C=O) groups is 1. The predicted molar refractivity (Wildman–Crippen MR) is 78.1 cm³/mol. The quantitative estimate of drug-likeness (QED) is 0.793. The molecule has 1 aromatic carbocycles. The molecule has 0 saturated heterocycles. The highest BCUT2D eigenvalue weighted by Gasteiger charge is 2.29. The minimum Gasteiger partial charge on any atom is -0.338 e. The molecule has 0 fully saturated rings. The number of nitrogens with zero attached hydrogens (tertiary/aromatic N) is 2. The van der Waals surface area contributed by atoms with Crippen LogP contribution in [-0.4, -0.2) is 21.6 Å². The SMILES string of the molecule is O=C(Nc1nccs1)c1cn(CC(F)(F)F)c2ccccc12. The van der Waals surface area contributed by atoms with Crippen molar-refractivity contribution in [1.29, 1.82) is 0 Å². The van der Waals surface area contributed by atoms with Crippen LogP contribution < -0.4 is 5.32 Å². The first-order chi connectivity index (χ1) is 10.4. The lowest BCUT2D eigenvalue weighted by Crippen LogP contribution is -2.17. The maximum Gasteiger partial charge on any atom is 0.406 e. The normalized spacial score (nSPS) is 11.8. The molecule has 0 aliphatic rings. The number of alkyl halides is 3. The largest absolute Gasteiger partial charge is 0.406 e. The van der Waals surface area contributed by atoms with Crippen LogP contribution >= 0.6 is 11.3 Å². The molecule has 0 atom stereocenters. The Balaban J connectivity index is 2.00. The average Bonchev–Trinajstić information content (AvgIpc) is 3.06. The molecular weight excluding hydrogens is 315 g/mol. The van der Waals surface area contributed by atoms with Crippen molar-refractivity contribution in [3.05, 3.63) is 47.6 Å². The van der Waals surface area contributed by atoms with Gasteiger partial charge in [0, 0.05) is 28.7 Å². The van der Waals surface area contributed by atoms with Crippen LogP contribution in [0.25, 0.3) is 10.9 Å². The first-order valence-electron chi connectivity index (χ1n) is 6.29. The second kappa shape index (κ2) is 5.45. The Morgan fingerprint density at radius 1 is 1.32 bits per heavy atom. The molecule has 0 radical (unpaired) electrons. The van der Waals surface area contributed by atoms with Crippen LogP contribution in [0.3, 0.4) is 0 Å². The Hall–Kier alpha value is -2.35. The highest BCUT2D eigenvalue weighted by atomic mass is 32.1. The van der Waals surface area contributed by atoms with Crippen molar-refractivity contribution in [2.75, 3.05) is 5.32 Å². The van der Waals surface area contributed by atoms with E-state index in [1.165, 1.54) is 23.7 Å². The summed E-state index contributed by atoms with van der Waals surface area (Å²) in [7, 11) is 0. The third-order valence-corrected chi connectivity index (χ3v) is 3.72. The molecule has 1 amide bonds. The van der Waals surface area contributed by atoms with Gasteiger partial charge in [-0.05, 0) is 6.07 Å². The zero-order valence-electron chi connectivity index (χ0n) is 11.1. The van der Waals surface area contributed by atoms with E-state index in [0.29, 0.717) is 16.0 Å². The number of aromatic nitrogens is 2. The molecule has 8 heteroatoms. The molecule has 3 rings (SSSR count). The van der Waals surface area contributed by atoms with Crippen molar-refractivity contribution in [3.8, 4) is 0 Å². The first kappa shape index (κ1) is 14.6. The summed E-state index contributed by atoms with van der Waals surface area (Å²) in [6.45, 7) is -1.14. The van der Waals surface area contributed by atoms with Crippen LogP contribution in [0.1, 0.15) is 10.4 Å². The van der Waals surface area contributed by atoms with E-state index in [9.17, 15) is 18.0 Å². The highest BCUT2D eigenvalue weighted by Crippen LogP contribution is 2.26. The number of thiazole rings is 1. The number of benzene rings is 1. The lowest BCUT2D eigenvalue weighted by Gasteiger charge is -2.08. The molecule has 0 aliphatic carbocycles.